The van der Waals surface area contributed by atoms with Crippen molar-refractivity contribution in [3.8, 4) is 5.75 Å². The molecule has 128 valence electrons. The van der Waals surface area contributed by atoms with Crippen molar-refractivity contribution in [2.45, 2.75) is 11.5 Å². The normalized spacial score (nSPS) is 16.8. The standard InChI is InChI=1S/C18H15NO3S3/c1-25(21)16-8-3-2-6-13(16)11-22-14-7-4-5-12(9-14)10-15-17(20)19-18(23)24-15/h2-10H,11H2,1H3,(H,19,20,23). The molecular weight excluding hydrogens is 374 g/mol. The smallest absolute Gasteiger partial charge is 0.263 e. The van der Waals surface area contributed by atoms with Crippen LogP contribution in [-0.4, -0.2) is 20.7 Å². The van der Waals surface area contributed by atoms with E-state index in [1.54, 1.807) is 12.3 Å². The fourth-order valence-electron chi connectivity index (χ4n) is 2.33. The molecule has 1 aliphatic heterocycles. The van der Waals surface area contributed by atoms with Crippen molar-refractivity contribution in [1.29, 1.82) is 0 Å². The number of thiocarbonyl (C=S) groups is 1. The summed E-state index contributed by atoms with van der Waals surface area (Å²) < 4.78 is 18.1. The maximum atomic E-state index is 11.8. The molecule has 0 saturated carbocycles. The van der Waals surface area contributed by atoms with Crippen molar-refractivity contribution in [2.24, 2.45) is 0 Å². The summed E-state index contributed by atoms with van der Waals surface area (Å²) in [6, 6.07) is 15.0. The van der Waals surface area contributed by atoms with E-state index in [0.717, 1.165) is 16.0 Å². The number of hydrogen-bond acceptors (Lipinski definition) is 5. The van der Waals surface area contributed by atoms with Crippen molar-refractivity contribution in [1.82, 2.24) is 5.32 Å². The first-order valence-corrected chi connectivity index (χ1v) is 10.2. The Hall–Kier alpha value is -1.96. The molecule has 7 heteroatoms. The van der Waals surface area contributed by atoms with Crippen molar-refractivity contribution >= 4 is 51.1 Å². The number of hydrogen-bond donors (Lipinski definition) is 1. The maximum Gasteiger partial charge on any atom is 0.263 e. The minimum Gasteiger partial charge on any atom is -0.489 e. The molecule has 1 unspecified atom stereocenters. The summed E-state index contributed by atoms with van der Waals surface area (Å²) in [5.74, 6) is 0.498. The van der Waals surface area contributed by atoms with E-state index in [1.165, 1.54) is 11.8 Å². The van der Waals surface area contributed by atoms with Gasteiger partial charge in [-0.25, -0.2) is 0 Å². The van der Waals surface area contributed by atoms with E-state index < -0.39 is 10.8 Å². The van der Waals surface area contributed by atoms with Crippen molar-refractivity contribution in [2.75, 3.05) is 6.26 Å². The lowest BCUT2D eigenvalue weighted by Gasteiger charge is -2.10. The van der Waals surface area contributed by atoms with Gasteiger partial charge in [0.1, 0.15) is 16.7 Å². The van der Waals surface area contributed by atoms with Crippen LogP contribution in [0.25, 0.3) is 6.08 Å². The van der Waals surface area contributed by atoms with Gasteiger partial charge in [0.05, 0.1) is 15.7 Å². The predicted molar refractivity (Wildman–Crippen MR) is 106 cm³/mol. The highest BCUT2D eigenvalue weighted by molar-refractivity contribution is 8.26. The number of rotatable bonds is 5. The largest absolute Gasteiger partial charge is 0.489 e. The zero-order chi connectivity index (χ0) is 17.8. The maximum absolute atomic E-state index is 11.8. The molecule has 1 atom stereocenters. The second-order valence-electron chi connectivity index (χ2n) is 5.28. The van der Waals surface area contributed by atoms with Crippen LogP contribution in [0.4, 0.5) is 0 Å². The Balaban J connectivity index is 1.75. The molecule has 3 rings (SSSR count). The Labute approximate surface area is 158 Å². The average molecular weight is 390 g/mol. The lowest BCUT2D eigenvalue weighted by Crippen LogP contribution is -2.17. The number of carbonyl (C=O) groups is 1. The summed E-state index contributed by atoms with van der Waals surface area (Å²) in [4.78, 5) is 13.1. The molecule has 2 aromatic carbocycles. The van der Waals surface area contributed by atoms with E-state index in [2.05, 4.69) is 5.32 Å². The van der Waals surface area contributed by atoms with Gasteiger partial charge in [-0.05, 0) is 29.8 Å². The molecule has 1 amide bonds. The van der Waals surface area contributed by atoms with E-state index in [-0.39, 0.29) is 5.91 Å². The van der Waals surface area contributed by atoms with Crippen LogP contribution in [0, 0.1) is 0 Å². The van der Waals surface area contributed by atoms with Gasteiger partial charge in [-0.3, -0.25) is 9.00 Å². The van der Waals surface area contributed by atoms with Gasteiger partial charge in [-0.15, -0.1) is 0 Å². The second kappa shape index (κ2) is 7.95. The quantitative estimate of drug-likeness (QED) is 0.627. The van der Waals surface area contributed by atoms with Crippen LogP contribution in [-0.2, 0) is 22.2 Å². The molecule has 1 heterocycles. The topological polar surface area (TPSA) is 55.4 Å². The van der Waals surface area contributed by atoms with Crippen LogP contribution in [0.2, 0.25) is 0 Å². The highest BCUT2D eigenvalue weighted by Gasteiger charge is 2.21. The third-order valence-corrected chi connectivity index (χ3v) is 5.65. The van der Waals surface area contributed by atoms with Crippen molar-refractivity contribution < 1.29 is 13.7 Å². The molecule has 0 spiro atoms. The fraction of sp³-hybridized carbons (Fsp3) is 0.111. The fourth-order valence-corrected chi connectivity index (χ4v) is 4.14. The van der Waals surface area contributed by atoms with Gasteiger partial charge < -0.3 is 10.1 Å². The Morgan fingerprint density at radius 3 is 2.76 bits per heavy atom. The molecule has 1 fully saturated rings. The summed E-state index contributed by atoms with van der Waals surface area (Å²) in [6.07, 6.45) is 3.43. The molecule has 4 nitrogen and oxygen atoms in total. The number of benzene rings is 2. The summed E-state index contributed by atoms with van der Waals surface area (Å²) in [5, 5.41) is 2.59. The van der Waals surface area contributed by atoms with Gasteiger partial charge in [-0.2, -0.15) is 0 Å². The third kappa shape index (κ3) is 4.56. The van der Waals surface area contributed by atoms with Crippen LogP contribution in [0.1, 0.15) is 11.1 Å². The Bertz CT molecular complexity index is 893. The number of thioether (sulfide) groups is 1. The van der Waals surface area contributed by atoms with Crippen LogP contribution in [0.15, 0.2) is 58.3 Å². The van der Waals surface area contributed by atoms with Gasteiger partial charge in [0.25, 0.3) is 5.91 Å². The number of nitrogens with one attached hydrogen (secondary N) is 1. The van der Waals surface area contributed by atoms with Crippen LogP contribution < -0.4 is 10.1 Å². The van der Waals surface area contributed by atoms with Gasteiger partial charge in [0.2, 0.25) is 0 Å². The summed E-state index contributed by atoms with van der Waals surface area (Å²) in [7, 11) is -1.06. The van der Waals surface area contributed by atoms with Gasteiger partial charge in [-0.1, -0.05) is 54.3 Å². The molecule has 0 aromatic heterocycles. The summed E-state index contributed by atoms with van der Waals surface area (Å²) in [6.45, 7) is 0.328. The first-order chi connectivity index (χ1) is 12.0. The SMILES string of the molecule is CS(=O)c1ccccc1COc1cccc(C=C2SC(=S)NC2=O)c1. The molecule has 0 aliphatic carbocycles. The average Bonchev–Trinajstić information content (AvgIpc) is 2.91. The minimum atomic E-state index is -1.06. The van der Waals surface area contributed by atoms with E-state index in [1.807, 2.05) is 48.5 Å². The molecule has 1 N–H and O–H groups in total. The van der Waals surface area contributed by atoms with Gasteiger partial charge in [0, 0.05) is 16.7 Å². The molecule has 2 aromatic rings. The predicted octanol–water partition coefficient (Wildman–Crippen LogP) is 3.49. The Kier molecular flexibility index (Phi) is 5.67. The number of carbonyl (C=O) groups excluding carboxylic acids is 1. The molecule has 1 aliphatic rings. The summed E-state index contributed by atoms with van der Waals surface area (Å²) in [5.41, 5.74) is 1.75. The number of amides is 1. The highest BCUT2D eigenvalue weighted by Crippen LogP contribution is 2.27. The Morgan fingerprint density at radius 2 is 2.04 bits per heavy atom. The first kappa shape index (κ1) is 17.8. The van der Waals surface area contributed by atoms with Gasteiger partial charge >= 0.3 is 0 Å². The lowest BCUT2D eigenvalue weighted by molar-refractivity contribution is -0.115. The van der Waals surface area contributed by atoms with Crippen molar-refractivity contribution in [3.05, 3.63) is 64.6 Å². The lowest BCUT2D eigenvalue weighted by atomic mass is 10.2. The Morgan fingerprint density at radius 1 is 1.24 bits per heavy atom. The van der Waals surface area contributed by atoms with E-state index in [4.69, 9.17) is 17.0 Å². The first-order valence-electron chi connectivity index (χ1n) is 7.42. The second-order valence-corrected chi connectivity index (χ2v) is 8.34. The third-order valence-electron chi connectivity index (χ3n) is 3.47. The molecule has 25 heavy (non-hydrogen) atoms. The number of ether oxygens (including phenoxy) is 1. The zero-order valence-corrected chi connectivity index (χ0v) is 15.8. The van der Waals surface area contributed by atoms with E-state index in [0.29, 0.717) is 21.6 Å². The van der Waals surface area contributed by atoms with Gasteiger partial charge in [0.15, 0.2) is 0 Å². The van der Waals surface area contributed by atoms with Crippen molar-refractivity contribution in [3.63, 3.8) is 0 Å². The molecule has 0 radical (unpaired) electrons. The highest BCUT2D eigenvalue weighted by atomic mass is 32.2. The van der Waals surface area contributed by atoms with Crippen LogP contribution in [0.3, 0.4) is 0 Å². The summed E-state index contributed by atoms with van der Waals surface area (Å²) >= 11 is 6.23. The molecule has 0 bridgehead atoms. The zero-order valence-electron chi connectivity index (χ0n) is 13.4. The molecule has 1 saturated heterocycles. The van der Waals surface area contributed by atoms with E-state index in [9.17, 15) is 9.00 Å². The van der Waals surface area contributed by atoms with Crippen LogP contribution in [0.5, 0.6) is 5.75 Å². The molecular formula is C18H15NO3S3. The monoisotopic (exact) mass is 389 g/mol. The van der Waals surface area contributed by atoms with Crippen LogP contribution >= 0.6 is 24.0 Å². The minimum absolute atomic E-state index is 0.180. The van der Waals surface area contributed by atoms with E-state index >= 15 is 0 Å².